The van der Waals surface area contributed by atoms with Gasteiger partial charge in [0.15, 0.2) is 0 Å². The van der Waals surface area contributed by atoms with Crippen LogP contribution in [0.2, 0.25) is 0 Å². The molecule has 33 heavy (non-hydrogen) atoms. The highest BCUT2D eigenvalue weighted by atomic mass is 32.1. The molecular weight excluding hydrogens is 438 g/mol. The van der Waals surface area contributed by atoms with E-state index in [1.165, 1.54) is 18.4 Å². The third-order valence-electron chi connectivity index (χ3n) is 5.22. The molecule has 0 radical (unpaired) electrons. The van der Waals surface area contributed by atoms with Crippen LogP contribution in [0.3, 0.4) is 0 Å². The second-order valence-electron chi connectivity index (χ2n) is 7.29. The predicted molar refractivity (Wildman–Crippen MR) is 129 cm³/mol. The summed E-state index contributed by atoms with van der Waals surface area (Å²) >= 11 is 1.53. The zero-order valence-corrected chi connectivity index (χ0v) is 18.4. The molecule has 1 aliphatic heterocycles. The summed E-state index contributed by atoms with van der Waals surface area (Å²) in [6.07, 6.45) is 1.89. The fourth-order valence-corrected chi connectivity index (χ4v) is 4.50. The van der Waals surface area contributed by atoms with Crippen LogP contribution in [-0.2, 0) is 9.53 Å². The van der Waals surface area contributed by atoms with Crippen LogP contribution in [-0.4, -0.2) is 30.5 Å². The number of ether oxygens (including phenoxy) is 2. The zero-order valence-electron chi connectivity index (χ0n) is 17.6. The summed E-state index contributed by atoms with van der Waals surface area (Å²) < 4.78 is 11.6. The van der Waals surface area contributed by atoms with Gasteiger partial charge >= 0.3 is 5.97 Å². The Kier molecular flexibility index (Phi) is 5.50. The van der Waals surface area contributed by atoms with Crippen molar-refractivity contribution in [2.75, 3.05) is 24.3 Å². The summed E-state index contributed by atoms with van der Waals surface area (Å²) in [4.78, 5) is 28.5. The van der Waals surface area contributed by atoms with E-state index in [0.29, 0.717) is 29.2 Å². The first-order valence-electron chi connectivity index (χ1n) is 10.2. The fourth-order valence-electron chi connectivity index (χ4n) is 3.65. The molecule has 7 nitrogen and oxygen atoms in total. The van der Waals surface area contributed by atoms with Crippen molar-refractivity contribution in [3.05, 3.63) is 83.4 Å². The molecule has 1 amide bonds. The van der Waals surface area contributed by atoms with Crippen molar-refractivity contribution in [1.82, 2.24) is 4.98 Å². The van der Waals surface area contributed by atoms with E-state index in [1.54, 1.807) is 29.8 Å². The number of thiazole rings is 1. The second-order valence-corrected chi connectivity index (χ2v) is 8.14. The number of hydrogen-bond acceptors (Lipinski definition) is 7. The number of anilines is 2. The Labute approximate surface area is 193 Å². The van der Waals surface area contributed by atoms with Crippen molar-refractivity contribution in [2.24, 2.45) is 0 Å². The van der Waals surface area contributed by atoms with Gasteiger partial charge in [0.05, 0.1) is 34.1 Å². The molecule has 0 saturated heterocycles. The third kappa shape index (κ3) is 4.16. The van der Waals surface area contributed by atoms with Crippen LogP contribution in [0.1, 0.15) is 15.9 Å². The van der Waals surface area contributed by atoms with Crippen molar-refractivity contribution in [2.45, 2.75) is 0 Å². The maximum Gasteiger partial charge on any atom is 0.337 e. The number of carbonyl (C=O) groups is 2. The van der Waals surface area contributed by atoms with E-state index >= 15 is 0 Å². The highest BCUT2D eigenvalue weighted by Gasteiger charge is 2.26. The van der Waals surface area contributed by atoms with Crippen LogP contribution < -0.4 is 15.4 Å². The number of benzene rings is 3. The van der Waals surface area contributed by atoms with Gasteiger partial charge in [-0.2, -0.15) is 0 Å². The number of methoxy groups -OCH3 is 1. The topological polar surface area (TPSA) is 89.5 Å². The minimum atomic E-state index is -0.413. The van der Waals surface area contributed by atoms with Crippen molar-refractivity contribution in [3.8, 4) is 11.5 Å². The number of amides is 1. The summed E-state index contributed by atoms with van der Waals surface area (Å²) in [5, 5.41) is 6.22. The molecule has 0 atom stereocenters. The molecule has 0 spiro atoms. The summed E-state index contributed by atoms with van der Waals surface area (Å²) in [5.74, 6) is 0.663. The lowest BCUT2D eigenvalue weighted by Crippen LogP contribution is -2.06. The summed E-state index contributed by atoms with van der Waals surface area (Å²) in [6, 6.07) is 18.1. The standard InChI is InChI=1S/C25H19N3O4S/c1-31-25(30)15-3-2-4-18(13-15)32-17-7-5-16(6-8-17)26-12-11-19-22-20(28-24(19)29)9-10-21-23(22)33-14-27-21/h2-11,13-14,26H,12H2,1H3,(H,28,29)/b19-11-. The number of fused-ring (bicyclic) bond motifs is 3. The van der Waals surface area contributed by atoms with Crippen LogP contribution in [0.4, 0.5) is 11.4 Å². The quantitative estimate of drug-likeness (QED) is 0.301. The Morgan fingerprint density at radius 2 is 1.97 bits per heavy atom. The summed E-state index contributed by atoms with van der Waals surface area (Å²) in [7, 11) is 1.34. The van der Waals surface area contributed by atoms with Gasteiger partial charge in [-0.25, -0.2) is 9.78 Å². The maximum atomic E-state index is 12.5. The van der Waals surface area contributed by atoms with Gasteiger partial charge < -0.3 is 20.1 Å². The van der Waals surface area contributed by atoms with E-state index in [9.17, 15) is 9.59 Å². The van der Waals surface area contributed by atoms with Gasteiger partial charge in [-0.3, -0.25) is 4.79 Å². The van der Waals surface area contributed by atoms with Gasteiger partial charge in [0.1, 0.15) is 11.5 Å². The molecule has 164 valence electrons. The molecule has 0 aliphatic carbocycles. The summed E-state index contributed by atoms with van der Waals surface area (Å²) in [6.45, 7) is 0.485. The zero-order chi connectivity index (χ0) is 22.8. The van der Waals surface area contributed by atoms with E-state index in [1.807, 2.05) is 42.5 Å². The Hall–Kier alpha value is -4.17. The number of esters is 1. The Bertz CT molecular complexity index is 1390. The third-order valence-corrected chi connectivity index (χ3v) is 6.08. The molecule has 2 heterocycles. The van der Waals surface area contributed by atoms with E-state index in [4.69, 9.17) is 9.47 Å². The summed E-state index contributed by atoms with van der Waals surface area (Å²) in [5.41, 5.74) is 6.38. The smallest absolute Gasteiger partial charge is 0.337 e. The largest absolute Gasteiger partial charge is 0.465 e. The number of rotatable bonds is 6. The minimum Gasteiger partial charge on any atom is -0.465 e. The van der Waals surface area contributed by atoms with Gasteiger partial charge in [-0.05, 0) is 54.6 Å². The van der Waals surface area contributed by atoms with Gasteiger partial charge in [-0.15, -0.1) is 11.3 Å². The molecule has 8 heteroatoms. The highest BCUT2D eigenvalue weighted by molar-refractivity contribution is 7.17. The average Bonchev–Trinajstić information content (AvgIpc) is 3.43. The molecular formula is C25H19N3O4S. The lowest BCUT2D eigenvalue weighted by Gasteiger charge is -2.09. The van der Waals surface area contributed by atoms with Crippen LogP contribution in [0.25, 0.3) is 15.8 Å². The number of aromatic nitrogens is 1. The first-order chi connectivity index (χ1) is 16.1. The molecule has 5 rings (SSSR count). The monoisotopic (exact) mass is 457 g/mol. The Morgan fingerprint density at radius 3 is 2.79 bits per heavy atom. The predicted octanol–water partition coefficient (Wildman–Crippen LogP) is 5.32. The van der Waals surface area contributed by atoms with Crippen molar-refractivity contribution < 1.29 is 19.1 Å². The van der Waals surface area contributed by atoms with E-state index in [2.05, 4.69) is 15.6 Å². The Balaban J connectivity index is 1.26. The van der Waals surface area contributed by atoms with Crippen LogP contribution >= 0.6 is 11.3 Å². The first kappa shape index (κ1) is 20.7. The van der Waals surface area contributed by atoms with Crippen molar-refractivity contribution in [3.63, 3.8) is 0 Å². The van der Waals surface area contributed by atoms with E-state index in [0.717, 1.165) is 27.2 Å². The van der Waals surface area contributed by atoms with Gasteiger partial charge in [0, 0.05) is 23.4 Å². The lowest BCUT2D eigenvalue weighted by atomic mass is 10.1. The molecule has 0 fully saturated rings. The molecule has 3 aromatic carbocycles. The molecule has 0 unspecified atom stereocenters. The SMILES string of the molecule is COC(=O)c1cccc(Oc2ccc(NC/C=C3\C(=O)Nc4ccc5ncsc5c43)cc2)c1. The minimum absolute atomic E-state index is 0.106. The van der Waals surface area contributed by atoms with Crippen LogP contribution in [0.5, 0.6) is 11.5 Å². The molecule has 1 aromatic heterocycles. The molecule has 1 aliphatic rings. The van der Waals surface area contributed by atoms with E-state index < -0.39 is 5.97 Å². The number of carbonyl (C=O) groups excluding carboxylic acids is 2. The van der Waals surface area contributed by atoms with Crippen molar-refractivity contribution >= 4 is 50.4 Å². The van der Waals surface area contributed by atoms with E-state index in [-0.39, 0.29) is 5.91 Å². The van der Waals surface area contributed by atoms with Crippen molar-refractivity contribution in [1.29, 1.82) is 0 Å². The maximum absolute atomic E-state index is 12.5. The number of nitrogens with one attached hydrogen (secondary N) is 2. The van der Waals surface area contributed by atoms with Gasteiger partial charge in [0.25, 0.3) is 5.91 Å². The average molecular weight is 458 g/mol. The van der Waals surface area contributed by atoms with Crippen LogP contribution in [0.15, 0.2) is 72.3 Å². The lowest BCUT2D eigenvalue weighted by molar-refractivity contribution is -0.110. The van der Waals surface area contributed by atoms with Gasteiger partial charge in [-0.1, -0.05) is 12.1 Å². The second kappa shape index (κ2) is 8.76. The molecule has 0 bridgehead atoms. The molecule has 4 aromatic rings. The highest BCUT2D eigenvalue weighted by Crippen LogP contribution is 2.39. The Morgan fingerprint density at radius 1 is 1.12 bits per heavy atom. The number of hydrogen-bond donors (Lipinski definition) is 2. The normalized spacial score (nSPS) is 13.6. The molecule has 2 N–H and O–H groups in total. The number of nitrogens with zero attached hydrogens (tertiary/aromatic N) is 1. The van der Waals surface area contributed by atoms with Gasteiger partial charge in [0.2, 0.25) is 0 Å². The first-order valence-corrected chi connectivity index (χ1v) is 11.1. The van der Waals surface area contributed by atoms with Crippen LogP contribution in [0, 0.1) is 0 Å². The molecule has 0 saturated carbocycles. The fraction of sp³-hybridized carbons (Fsp3) is 0.0800.